The van der Waals surface area contributed by atoms with Gasteiger partial charge >= 0.3 is 178 Å². The van der Waals surface area contributed by atoms with Crippen LogP contribution >= 0.6 is 0 Å². The van der Waals surface area contributed by atoms with Crippen molar-refractivity contribution in [3.63, 3.8) is 0 Å². The molecule has 0 fully saturated rings. The molecule has 148 valence electrons. The van der Waals surface area contributed by atoms with Gasteiger partial charge < -0.3 is 0 Å². The van der Waals surface area contributed by atoms with Crippen LogP contribution in [0.15, 0.2) is 83.8 Å². The molecule has 2 unspecified atom stereocenters. The summed E-state index contributed by atoms with van der Waals surface area (Å²) in [7, 11) is -3.77. The van der Waals surface area contributed by atoms with Gasteiger partial charge in [0.15, 0.2) is 0 Å². The molecule has 0 spiro atoms. The predicted molar refractivity (Wildman–Crippen MR) is 115 cm³/mol. The minimum absolute atomic E-state index is 0.00850. The van der Waals surface area contributed by atoms with Crippen LogP contribution in [-0.2, 0) is 10.0 Å². The molecule has 0 amide bonds. The van der Waals surface area contributed by atoms with Crippen LogP contribution < -0.4 is 9.18 Å². The van der Waals surface area contributed by atoms with Gasteiger partial charge in [0.1, 0.15) is 0 Å². The molecule has 6 heteroatoms. The van der Waals surface area contributed by atoms with Crippen LogP contribution in [0, 0.1) is 12.8 Å². The van der Waals surface area contributed by atoms with Crippen LogP contribution in [0.2, 0.25) is 5.32 Å². The molecule has 0 bridgehead atoms. The van der Waals surface area contributed by atoms with Crippen molar-refractivity contribution in [3.05, 3.63) is 95.6 Å². The molecule has 0 aliphatic carbocycles. The number of ketones is 1. The molecule has 0 radical (unpaired) electrons. The first-order valence-corrected chi connectivity index (χ1v) is 12.9. The summed E-state index contributed by atoms with van der Waals surface area (Å²) in [4.78, 5) is 13.5. The average molecular weight is 470 g/mol. The van der Waals surface area contributed by atoms with E-state index in [0.29, 0.717) is 5.32 Å². The zero-order valence-electron chi connectivity index (χ0n) is 15.9. The number of Topliss-reactive ketones (excluding diaryl/α,β-unsaturated/α-hetero) is 1. The molecule has 2 atom stereocenters. The van der Waals surface area contributed by atoms with E-state index in [2.05, 4.69) is 4.72 Å². The Bertz CT molecular complexity index is 1130. The molecule has 29 heavy (non-hydrogen) atoms. The second-order valence-corrected chi connectivity index (χ2v) is 11.0. The van der Waals surface area contributed by atoms with Crippen LogP contribution in [-0.4, -0.2) is 29.2 Å². The van der Waals surface area contributed by atoms with Crippen molar-refractivity contribution >= 4 is 35.2 Å². The standard InChI is InChI=1S/C23H21NO3SSe/c1-16-11-13-18(14-12-16)28(26,27)24-22(17-7-3-2-4-8-17)20-15-29-21-10-6-5-9-19(21)23(20)25/h2-14,20,22,24H,15H2,1H3. The fourth-order valence-electron chi connectivity index (χ4n) is 3.49. The third-order valence-corrected chi connectivity index (χ3v) is 9.04. The Kier molecular flexibility index (Phi) is 5.70. The molecule has 1 heterocycles. The number of carbonyl (C=O) groups excluding carboxylic acids is 1. The van der Waals surface area contributed by atoms with Crippen LogP contribution in [0.1, 0.15) is 27.5 Å². The zero-order chi connectivity index (χ0) is 20.4. The molecule has 4 nitrogen and oxygen atoms in total. The third kappa shape index (κ3) is 4.21. The minimum atomic E-state index is -3.77. The summed E-state index contributed by atoms with van der Waals surface area (Å²) in [6.07, 6.45) is 0. The Morgan fingerprint density at radius 1 is 0.931 bits per heavy atom. The van der Waals surface area contributed by atoms with E-state index in [1.165, 1.54) is 0 Å². The first-order valence-electron chi connectivity index (χ1n) is 9.36. The Hall–Kier alpha value is -2.24. The summed E-state index contributed by atoms with van der Waals surface area (Å²) >= 11 is 0.123. The van der Waals surface area contributed by atoms with Gasteiger partial charge in [0.05, 0.1) is 0 Å². The normalized spacial score (nSPS) is 17.6. The van der Waals surface area contributed by atoms with E-state index in [1.807, 2.05) is 61.5 Å². The molecule has 1 aliphatic heterocycles. The summed E-state index contributed by atoms with van der Waals surface area (Å²) in [5.74, 6) is -0.415. The van der Waals surface area contributed by atoms with Gasteiger partial charge in [-0.25, -0.2) is 0 Å². The summed E-state index contributed by atoms with van der Waals surface area (Å²) in [6, 6.07) is 23.2. The summed E-state index contributed by atoms with van der Waals surface area (Å²) in [6.45, 7) is 1.91. The molecule has 0 saturated carbocycles. The fourth-order valence-corrected chi connectivity index (χ4v) is 7.28. The predicted octanol–water partition coefficient (Wildman–Crippen LogP) is 3.28. The molecular weight excluding hydrogens is 449 g/mol. The SMILES string of the molecule is Cc1ccc(S(=O)(=O)NC(c2ccccc2)C2C[Se]c3ccccc3C2=O)cc1. The summed E-state index contributed by atoms with van der Waals surface area (Å²) < 4.78 is 30.1. The molecule has 1 aliphatic rings. The number of carbonyl (C=O) groups is 1. The van der Waals surface area contributed by atoms with Gasteiger partial charge in [0.25, 0.3) is 0 Å². The quantitative estimate of drug-likeness (QED) is 0.583. The van der Waals surface area contributed by atoms with Crippen molar-refractivity contribution in [2.45, 2.75) is 23.2 Å². The van der Waals surface area contributed by atoms with Gasteiger partial charge in [-0.05, 0) is 0 Å². The van der Waals surface area contributed by atoms with E-state index in [4.69, 9.17) is 0 Å². The van der Waals surface area contributed by atoms with Gasteiger partial charge in [-0.2, -0.15) is 0 Å². The van der Waals surface area contributed by atoms with Crippen LogP contribution in [0.4, 0.5) is 0 Å². The van der Waals surface area contributed by atoms with E-state index in [1.54, 1.807) is 24.3 Å². The van der Waals surface area contributed by atoms with Gasteiger partial charge in [-0.1, -0.05) is 0 Å². The number of nitrogens with one attached hydrogen (secondary N) is 1. The Balaban J connectivity index is 1.72. The topological polar surface area (TPSA) is 63.2 Å². The number of aryl methyl sites for hydroxylation is 1. The Morgan fingerprint density at radius 2 is 1.59 bits per heavy atom. The third-order valence-electron chi connectivity index (χ3n) is 5.08. The van der Waals surface area contributed by atoms with Crippen molar-refractivity contribution in [1.82, 2.24) is 4.72 Å². The second-order valence-electron chi connectivity index (χ2n) is 7.10. The van der Waals surface area contributed by atoms with Crippen molar-refractivity contribution in [2.75, 3.05) is 0 Å². The van der Waals surface area contributed by atoms with E-state index in [0.717, 1.165) is 21.2 Å². The van der Waals surface area contributed by atoms with E-state index in [-0.39, 0.29) is 25.6 Å². The van der Waals surface area contributed by atoms with Gasteiger partial charge in [0.2, 0.25) is 0 Å². The van der Waals surface area contributed by atoms with Crippen molar-refractivity contribution in [1.29, 1.82) is 0 Å². The van der Waals surface area contributed by atoms with E-state index >= 15 is 0 Å². The Labute approximate surface area is 177 Å². The first kappa shape index (κ1) is 20.0. The monoisotopic (exact) mass is 471 g/mol. The van der Waals surface area contributed by atoms with Crippen molar-refractivity contribution in [3.8, 4) is 0 Å². The first-order chi connectivity index (χ1) is 14.0. The molecular formula is C23H21NO3SSe. The molecule has 3 aromatic rings. The van der Waals surface area contributed by atoms with Crippen LogP contribution in [0.3, 0.4) is 0 Å². The molecule has 1 N–H and O–H groups in total. The molecule has 4 rings (SSSR count). The summed E-state index contributed by atoms with van der Waals surface area (Å²) in [5, 5.41) is 0.666. The Morgan fingerprint density at radius 3 is 2.31 bits per heavy atom. The summed E-state index contributed by atoms with van der Waals surface area (Å²) in [5.41, 5.74) is 2.52. The average Bonchev–Trinajstić information content (AvgIpc) is 2.74. The molecule has 0 aromatic heterocycles. The maximum absolute atomic E-state index is 13.3. The number of hydrogen-bond acceptors (Lipinski definition) is 3. The molecule has 0 saturated heterocycles. The van der Waals surface area contributed by atoms with Gasteiger partial charge in [-0.15, -0.1) is 0 Å². The number of sulfonamides is 1. The van der Waals surface area contributed by atoms with Gasteiger partial charge in [0, 0.05) is 0 Å². The molecule has 3 aromatic carbocycles. The second kappa shape index (κ2) is 8.25. The van der Waals surface area contributed by atoms with E-state index < -0.39 is 22.0 Å². The van der Waals surface area contributed by atoms with Gasteiger partial charge in [-0.3, -0.25) is 0 Å². The number of rotatable bonds is 5. The fraction of sp³-hybridized carbons (Fsp3) is 0.174. The maximum atomic E-state index is 13.3. The van der Waals surface area contributed by atoms with Crippen molar-refractivity contribution in [2.24, 2.45) is 5.92 Å². The van der Waals surface area contributed by atoms with E-state index in [9.17, 15) is 13.2 Å². The van der Waals surface area contributed by atoms with Crippen molar-refractivity contribution < 1.29 is 13.2 Å². The number of fused-ring (bicyclic) bond motifs is 1. The number of benzene rings is 3. The van der Waals surface area contributed by atoms with Crippen LogP contribution in [0.25, 0.3) is 0 Å². The zero-order valence-corrected chi connectivity index (χ0v) is 18.4. The van der Waals surface area contributed by atoms with Crippen LogP contribution in [0.5, 0.6) is 0 Å². The number of hydrogen-bond donors (Lipinski definition) is 1.